The van der Waals surface area contributed by atoms with Gasteiger partial charge in [-0.1, -0.05) is 11.6 Å². The average Bonchev–Trinajstić information content (AvgIpc) is 2.07. The normalized spacial score (nSPS) is 21.2. The lowest BCUT2D eigenvalue weighted by Gasteiger charge is -2.23. The third-order valence-corrected chi connectivity index (χ3v) is 2.89. The first kappa shape index (κ1) is 8.85. The molecule has 2 rings (SSSR count). The summed E-state index contributed by atoms with van der Waals surface area (Å²) in [7, 11) is 0. The van der Waals surface area contributed by atoms with Crippen LogP contribution in [0.3, 0.4) is 0 Å². The molecule has 0 radical (unpaired) electrons. The van der Waals surface area contributed by atoms with Crippen LogP contribution in [0.2, 0.25) is 5.02 Å². The van der Waals surface area contributed by atoms with E-state index in [1.807, 2.05) is 0 Å². The second kappa shape index (κ2) is 3.20. The summed E-state index contributed by atoms with van der Waals surface area (Å²) < 4.78 is 0. The fraction of sp³-hybridized carbons (Fsp3) is 0.400. The van der Waals surface area contributed by atoms with E-state index in [0.717, 1.165) is 30.4 Å². The number of hydrogen-bond acceptors (Lipinski definition) is 2. The van der Waals surface area contributed by atoms with Gasteiger partial charge in [0.05, 0.1) is 0 Å². The zero-order valence-corrected chi connectivity index (χ0v) is 8.01. The van der Waals surface area contributed by atoms with Gasteiger partial charge in [0.25, 0.3) is 0 Å². The first-order valence-corrected chi connectivity index (χ1v) is 4.83. The Bertz CT molecular complexity index is 338. The Kier molecular flexibility index (Phi) is 2.18. The monoisotopic (exact) mass is 197 g/mol. The summed E-state index contributed by atoms with van der Waals surface area (Å²) in [6, 6.07) is 3.34. The standard InChI is InChI=1S/C10H12ClNO/c11-9-5-6(13)4-8-7(9)2-1-3-10(8)12/h4-5,10,13H,1-3,12H2/t10-/m0/s1. The summed E-state index contributed by atoms with van der Waals surface area (Å²) in [4.78, 5) is 0. The summed E-state index contributed by atoms with van der Waals surface area (Å²) in [5.41, 5.74) is 8.03. The molecular formula is C10H12ClNO. The molecule has 0 bridgehead atoms. The molecule has 0 amide bonds. The van der Waals surface area contributed by atoms with Crippen molar-refractivity contribution >= 4 is 11.6 Å². The number of benzene rings is 1. The summed E-state index contributed by atoms with van der Waals surface area (Å²) in [5.74, 6) is 0.209. The zero-order chi connectivity index (χ0) is 9.42. The van der Waals surface area contributed by atoms with Crippen LogP contribution in [0.1, 0.15) is 30.0 Å². The molecule has 0 fully saturated rings. The van der Waals surface area contributed by atoms with Crippen molar-refractivity contribution in [3.8, 4) is 5.75 Å². The van der Waals surface area contributed by atoms with Crippen LogP contribution in [0.4, 0.5) is 0 Å². The predicted molar refractivity (Wildman–Crippen MR) is 53.0 cm³/mol. The maximum Gasteiger partial charge on any atom is 0.117 e. The first-order valence-electron chi connectivity index (χ1n) is 4.45. The van der Waals surface area contributed by atoms with Gasteiger partial charge in [-0.15, -0.1) is 0 Å². The highest BCUT2D eigenvalue weighted by Gasteiger charge is 2.19. The molecule has 0 unspecified atom stereocenters. The van der Waals surface area contributed by atoms with E-state index < -0.39 is 0 Å². The van der Waals surface area contributed by atoms with Crippen LogP contribution in [0.15, 0.2) is 12.1 Å². The summed E-state index contributed by atoms with van der Waals surface area (Å²) >= 11 is 6.00. The molecule has 0 saturated heterocycles. The number of rotatable bonds is 0. The number of aromatic hydroxyl groups is 1. The lowest BCUT2D eigenvalue weighted by molar-refractivity contribution is 0.470. The number of hydrogen-bond donors (Lipinski definition) is 2. The predicted octanol–water partition coefficient (Wildman–Crippen LogP) is 2.38. The Labute approximate surface area is 82.3 Å². The average molecular weight is 198 g/mol. The van der Waals surface area contributed by atoms with Gasteiger partial charge in [-0.25, -0.2) is 0 Å². The number of phenolic OH excluding ortho intramolecular Hbond substituents is 1. The Morgan fingerprint density at radius 2 is 2.23 bits per heavy atom. The van der Waals surface area contributed by atoms with Gasteiger partial charge >= 0.3 is 0 Å². The van der Waals surface area contributed by atoms with Gasteiger partial charge in [0, 0.05) is 11.1 Å². The molecule has 0 aliphatic heterocycles. The second-order valence-electron chi connectivity index (χ2n) is 3.49. The van der Waals surface area contributed by atoms with Crippen molar-refractivity contribution in [1.82, 2.24) is 0 Å². The Morgan fingerprint density at radius 3 is 3.00 bits per heavy atom. The minimum atomic E-state index is 0.0355. The van der Waals surface area contributed by atoms with Crippen molar-refractivity contribution in [2.75, 3.05) is 0 Å². The number of fused-ring (bicyclic) bond motifs is 1. The smallest absolute Gasteiger partial charge is 0.117 e. The molecule has 70 valence electrons. The highest BCUT2D eigenvalue weighted by atomic mass is 35.5. The highest BCUT2D eigenvalue weighted by molar-refractivity contribution is 6.31. The van der Waals surface area contributed by atoms with Crippen LogP contribution < -0.4 is 5.73 Å². The van der Waals surface area contributed by atoms with Crippen molar-refractivity contribution in [1.29, 1.82) is 0 Å². The molecule has 3 N–H and O–H groups in total. The molecule has 1 aromatic carbocycles. The van der Waals surface area contributed by atoms with Crippen LogP contribution >= 0.6 is 11.6 Å². The van der Waals surface area contributed by atoms with Gasteiger partial charge in [0.1, 0.15) is 5.75 Å². The second-order valence-corrected chi connectivity index (χ2v) is 3.90. The lowest BCUT2D eigenvalue weighted by atomic mass is 9.88. The topological polar surface area (TPSA) is 46.2 Å². The van der Waals surface area contributed by atoms with E-state index in [1.165, 1.54) is 0 Å². The minimum absolute atomic E-state index is 0.0355. The molecule has 1 aliphatic carbocycles. The summed E-state index contributed by atoms with van der Waals surface area (Å²) in [5, 5.41) is 9.99. The first-order chi connectivity index (χ1) is 6.18. The number of phenols is 1. The molecule has 1 aliphatic rings. The van der Waals surface area contributed by atoms with Gasteiger partial charge in [0.2, 0.25) is 0 Å². The largest absolute Gasteiger partial charge is 0.508 e. The van der Waals surface area contributed by atoms with E-state index in [1.54, 1.807) is 12.1 Å². The molecule has 1 atom stereocenters. The van der Waals surface area contributed by atoms with Crippen LogP contribution in [-0.4, -0.2) is 5.11 Å². The van der Waals surface area contributed by atoms with Crippen LogP contribution in [0, 0.1) is 0 Å². The summed E-state index contributed by atoms with van der Waals surface area (Å²) in [6.45, 7) is 0. The quantitative estimate of drug-likeness (QED) is 0.671. The molecule has 2 nitrogen and oxygen atoms in total. The van der Waals surface area contributed by atoms with Crippen molar-refractivity contribution in [3.05, 3.63) is 28.3 Å². The molecule has 1 aromatic rings. The van der Waals surface area contributed by atoms with Gasteiger partial charge in [-0.3, -0.25) is 0 Å². The highest BCUT2D eigenvalue weighted by Crippen LogP contribution is 2.35. The van der Waals surface area contributed by atoms with E-state index in [2.05, 4.69) is 0 Å². The van der Waals surface area contributed by atoms with E-state index in [9.17, 15) is 5.11 Å². The maximum absolute atomic E-state index is 9.35. The molecule has 0 saturated carbocycles. The van der Waals surface area contributed by atoms with Crippen LogP contribution in [0.25, 0.3) is 0 Å². The SMILES string of the molecule is N[C@H]1CCCc2c(Cl)cc(O)cc21. The summed E-state index contributed by atoms with van der Waals surface area (Å²) in [6.07, 6.45) is 3.04. The van der Waals surface area contributed by atoms with Crippen molar-refractivity contribution in [3.63, 3.8) is 0 Å². The lowest BCUT2D eigenvalue weighted by Crippen LogP contribution is -2.17. The van der Waals surface area contributed by atoms with Crippen molar-refractivity contribution in [2.24, 2.45) is 5.73 Å². The third-order valence-electron chi connectivity index (χ3n) is 2.56. The Balaban J connectivity index is 2.56. The molecular weight excluding hydrogens is 186 g/mol. The molecule has 0 aromatic heterocycles. The Morgan fingerprint density at radius 1 is 1.46 bits per heavy atom. The number of halogens is 1. The maximum atomic E-state index is 9.35. The van der Waals surface area contributed by atoms with E-state index in [4.69, 9.17) is 17.3 Å². The zero-order valence-electron chi connectivity index (χ0n) is 7.26. The van der Waals surface area contributed by atoms with Crippen molar-refractivity contribution in [2.45, 2.75) is 25.3 Å². The Hall–Kier alpha value is -0.730. The third kappa shape index (κ3) is 1.52. The number of nitrogens with two attached hydrogens (primary N) is 1. The minimum Gasteiger partial charge on any atom is -0.508 e. The fourth-order valence-electron chi connectivity index (χ4n) is 1.89. The van der Waals surface area contributed by atoms with E-state index in [0.29, 0.717) is 5.02 Å². The molecule has 0 spiro atoms. The molecule has 0 heterocycles. The van der Waals surface area contributed by atoms with Gasteiger partial charge < -0.3 is 10.8 Å². The fourth-order valence-corrected chi connectivity index (χ4v) is 2.21. The van der Waals surface area contributed by atoms with Gasteiger partial charge in [0.15, 0.2) is 0 Å². The van der Waals surface area contributed by atoms with E-state index in [-0.39, 0.29) is 11.8 Å². The molecule has 3 heteroatoms. The van der Waals surface area contributed by atoms with Crippen molar-refractivity contribution < 1.29 is 5.11 Å². The van der Waals surface area contributed by atoms with Gasteiger partial charge in [-0.2, -0.15) is 0 Å². The van der Waals surface area contributed by atoms with E-state index >= 15 is 0 Å². The van der Waals surface area contributed by atoms with Gasteiger partial charge in [-0.05, 0) is 42.5 Å². The molecule has 13 heavy (non-hydrogen) atoms. The van der Waals surface area contributed by atoms with Crippen LogP contribution in [0.5, 0.6) is 5.75 Å². The van der Waals surface area contributed by atoms with Crippen LogP contribution in [-0.2, 0) is 6.42 Å².